The van der Waals surface area contributed by atoms with Crippen LogP contribution in [-0.4, -0.2) is 16.7 Å². The van der Waals surface area contributed by atoms with Crippen LogP contribution < -0.4 is 4.74 Å². The molecule has 0 unspecified atom stereocenters. The highest BCUT2D eigenvalue weighted by atomic mass is 35.5. The highest BCUT2D eigenvalue weighted by Gasteiger charge is 2.13. The lowest BCUT2D eigenvalue weighted by atomic mass is 10.1. The number of ketones is 1. The maximum Gasteiger partial charge on any atom is 0.343 e. The second-order valence-electron chi connectivity index (χ2n) is 5.97. The fourth-order valence-corrected chi connectivity index (χ4v) is 2.68. The lowest BCUT2D eigenvalue weighted by molar-refractivity contribution is -0.384. The third kappa shape index (κ3) is 5.37. The van der Waals surface area contributed by atoms with E-state index < -0.39 is 10.9 Å². The van der Waals surface area contributed by atoms with Gasteiger partial charge < -0.3 is 4.74 Å². The highest BCUT2D eigenvalue weighted by Crippen LogP contribution is 2.18. The van der Waals surface area contributed by atoms with Crippen LogP contribution in [0.25, 0.3) is 6.08 Å². The standard InChI is InChI=1S/C22H14ClNO5/c23-18-5-1-3-15(13-18)7-12-21(25)16-8-10-20(11-9-16)29-22(26)17-4-2-6-19(14-17)24(27)28/h1-14H/b12-7+. The fraction of sp³-hybridized carbons (Fsp3) is 0. The lowest BCUT2D eigenvalue weighted by Gasteiger charge is -2.05. The summed E-state index contributed by atoms with van der Waals surface area (Å²) in [6.45, 7) is 0. The zero-order chi connectivity index (χ0) is 20.8. The van der Waals surface area contributed by atoms with Crippen LogP contribution in [0, 0.1) is 10.1 Å². The van der Waals surface area contributed by atoms with Crippen molar-refractivity contribution in [1.29, 1.82) is 0 Å². The van der Waals surface area contributed by atoms with Crippen molar-refractivity contribution >= 4 is 35.1 Å². The Balaban J connectivity index is 1.66. The molecule has 0 aliphatic rings. The predicted molar refractivity (Wildman–Crippen MR) is 109 cm³/mol. The topological polar surface area (TPSA) is 86.5 Å². The van der Waals surface area contributed by atoms with Crippen LogP contribution in [0.1, 0.15) is 26.3 Å². The first kappa shape index (κ1) is 20.0. The molecule has 0 aliphatic heterocycles. The van der Waals surface area contributed by atoms with Crippen molar-refractivity contribution in [3.05, 3.63) is 111 Å². The number of nitrogens with zero attached hydrogens (tertiary/aromatic N) is 1. The van der Waals surface area contributed by atoms with Crippen molar-refractivity contribution in [2.24, 2.45) is 0 Å². The van der Waals surface area contributed by atoms with Crippen LogP contribution in [-0.2, 0) is 0 Å². The summed E-state index contributed by atoms with van der Waals surface area (Å²) < 4.78 is 5.21. The Morgan fingerprint density at radius 3 is 2.34 bits per heavy atom. The number of carbonyl (C=O) groups is 2. The highest BCUT2D eigenvalue weighted by molar-refractivity contribution is 6.30. The monoisotopic (exact) mass is 407 g/mol. The Kier molecular flexibility index (Phi) is 6.16. The molecule has 0 aliphatic carbocycles. The zero-order valence-corrected chi connectivity index (χ0v) is 15.7. The van der Waals surface area contributed by atoms with E-state index in [0.717, 1.165) is 11.6 Å². The van der Waals surface area contributed by atoms with E-state index in [1.54, 1.807) is 24.3 Å². The van der Waals surface area contributed by atoms with Crippen molar-refractivity contribution in [2.75, 3.05) is 0 Å². The molecule has 0 saturated heterocycles. The molecule has 0 amide bonds. The van der Waals surface area contributed by atoms with E-state index in [1.165, 1.54) is 48.5 Å². The number of allylic oxidation sites excluding steroid dienone is 1. The van der Waals surface area contributed by atoms with Gasteiger partial charge in [-0.2, -0.15) is 0 Å². The van der Waals surface area contributed by atoms with Gasteiger partial charge in [-0.1, -0.05) is 35.9 Å². The Bertz CT molecular complexity index is 1110. The average molecular weight is 408 g/mol. The van der Waals surface area contributed by atoms with E-state index in [4.69, 9.17) is 16.3 Å². The maximum absolute atomic E-state index is 12.3. The van der Waals surface area contributed by atoms with Crippen molar-refractivity contribution in [2.45, 2.75) is 0 Å². The van der Waals surface area contributed by atoms with Gasteiger partial charge in [0.05, 0.1) is 10.5 Å². The van der Waals surface area contributed by atoms with Crippen LogP contribution in [0.5, 0.6) is 5.75 Å². The molecule has 0 spiro atoms. The molecule has 0 atom stereocenters. The van der Waals surface area contributed by atoms with Crippen LogP contribution >= 0.6 is 11.6 Å². The molecule has 0 bridgehead atoms. The molecular formula is C22H14ClNO5. The number of hydrogen-bond acceptors (Lipinski definition) is 5. The molecule has 3 aromatic carbocycles. The SMILES string of the molecule is O=C(/C=C/c1cccc(Cl)c1)c1ccc(OC(=O)c2cccc([N+](=O)[O-])c2)cc1. The minimum atomic E-state index is -0.728. The number of rotatable bonds is 6. The third-order valence-corrected chi connectivity index (χ3v) is 4.15. The minimum absolute atomic E-state index is 0.0591. The number of nitro benzene ring substituents is 1. The number of halogens is 1. The lowest BCUT2D eigenvalue weighted by Crippen LogP contribution is -2.09. The van der Waals surface area contributed by atoms with E-state index in [-0.39, 0.29) is 22.8 Å². The van der Waals surface area contributed by atoms with Crippen LogP contribution in [0.4, 0.5) is 5.69 Å². The zero-order valence-electron chi connectivity index (χ0n) is 14.9. The van der Waals surface area contributed by atoms with Crippen molar-refractivity contribution in [1.82, 2.24) is 0 Å². The van der Waals surface area contributed by atoms with Gasteiger partial charge in [0.25, 0.3) is 5.69 Å². The molecule has 7 heteroatoms. The summed E-state index contributed by atoms with van der Waals surface area (Å²) in [7, 11) is 0. The van der Waals surface area contributed by atoms with E-state index in [2.05, 4.69) is 0 Å². The smallest absolute Gasteiger partial charge is 0.343 e. The number of ether oxygens (including phenoxy) is 1. The molecule has 0 radical (unpaired) electrons. The Labute approximate surface area is 171 Å². The van der Waals surface area contributed by atoms with Crippen molar-refractivity contribution in [3.8, 4) is 5.75 Å². The second-order valence-corrected chi connectivity index (χ2v) is 6.41. The Morgan fingerprint density at radius 2 is 1.66 bits per heavy atom. The number of esters is 1. The van der Waals surface area contributed by atoms with Crippen LogP contribution in [0.2, 0.25) is 5.02 Å². The Hall–Kier alpha value is -3.77. The first-order valence-electron chi connectivity index (χ1n) is 8.47. The van der Waals surface area contributed by atoms with Gasteiger partial charge in [0.15, 0.2) is 5.78 Å². The van der Waals surface area contributed by atoms with Gasteiger partial charge in [-0.05, 0) is 54.1 Å². The molecule has 0 fully saturated rings. The summed E-state index contributed by atoms with van der Waals surface area (Å²) in [5.41, 5.74) is 1.07. The van der Waals surface area contributed by atoms with E-state index in [9.17, 15) is 19.7 Å². The molecule has 0 saturated carbocycles. The van der Waals surface area contributed by atoms with E-state index >= 15 is 0 Å². The molecule has 6 nitrogen and oxygen atoms in total. The van der Waals surface area contributed by atoms with E-state index in [1.807, 2.05) is 6.07 Å². The number of hydrogen-bond donors (Lipinski definition) is 0. The molecule has 3 rings (SSSR count). The normalized spacial score (nSPS) is 10.7. The second kappa shape index (κ2) is 8.95. The molecule has 0 heterocycles. The van der Waals surface area contributed by atoms with Gasteiger partial charge in [-0.25, -0.2) is 4.79 Å². The van der Waals surface area contributed by atoms with Gasteiger partial charge in [-0.15, -0.1) is 0 Å². The van der Waals surface area contributed by atoms with Crippen molar-refractivity contribution in [3.63, 3.8) is 0 Å². The number of non-ortho nitro benzene ring substituents is 1. The van der Waals surface area contributed by atoms with Crippen LogP contribution in [0.3, 0.4) is 0 Å². The van der Waals surface area contributed by atoms with Crippen LogP contribution in [0.15, 0.2) is 78.9 Å². The maximum atomic E-state index is 12.3. The van der Waals surface area contributed by atoms with Gasteiger partial charge in [0.2, 0.25) is 0 Å². The summed E-state index contributed by atoms with van der Waals surface area (Å²) in [4.78, 5) is 34.6. The van der Waals surface area contributed by atoms with Gasteiger partial charge in [0.1, 0.15) is 5.75 Å². The fourth-order valence-electron chi connectivity index (χ4n) is 2.48. The quantitative estimate of drug-likeness (QED) is 0.137. The number of nitro groups is 1. The first-order valence-corrected chi connectivity index (χ1v) is 8.85. The Morgan fingerprint density at radius 1 is 0.931 bits per heavy atom. The van der Waals surface area contributed by atoms with E-state index in [0.29, 0.717) is 10.6 Å². The predicted octanol–water partition coefficient (Wildman–Crippen LogP) is 5.36. The minimum Gasteiger partial charge on any atom is -0.423 e. The van der Waals surface area contributed by atoms with Gasteiger partial charge in [0, 0.05) is 22.7 Å². The molecule has 0 N–H and O–H groups in total. The van der Waals surface area contributed by atoms with Crippen molar-refractivity contribution < 1.29 is 19.2 Å². The van der Waals surface area contributed by atoms with Gasteiger partial charge >= 0.3 is 5.97 Å². The number of carbonyl (C=O) groups excluding carboxylic acids is 2. The number of benzene rings is 3. The summed E-state index contributed by atoms with van der Waals surface area (Å²) in [5.74, 6) is -0.730. The average Bonchev–Trinajstić information content (AvgIpc) is 2.72. The summed E-state index contributed by atoms with van der Waals surface area (Å²) in [5, 5.41) is 11.4. The summed E-state index contributed by atoms with van der Waals surface area (Å²) in [6, 6.07) is 18.4. The van der Waals surface area contributed by atoms with Gasteiger partial charge in [-0.3, -0.25) is 14.9 Å². The third-order valence-electron chi connectivity index (χ3n) is 3.92. The molecular weight excluding hydrogens is 394 g/mol. The molecule has 0 aromatic heterocycles. The first-order chi connectivity index (χ1) is 13.9. The molecule has 144 valence electrons. The summed E-state index contributed by atoms with van der Waals surface area (Å²) in [6.07, 6.45) is 3.08. The summed E-state index contributed by atoms with van der Waals surface area (Å²) >= 11 is 5.91. The molecule has 3 aromatic rings. The molecule has 29 heavy (non-hydrogen) atoms. The largest absolute Gasteiger partial charge is 0.423 e.